The van der Waals surface area contributed by atoms with Crippen LogP contribution in [0.3, 0.4) is 0 Å². The fraction of sp³-hybridized carbons (Fsp3) is 0.125. The van der Waals surface area contributed by atoms with Crippen molar-refractivity contribution in [2.45, 2.75) is 0 Å². The van der Waals surface area contributed by atoms with Gasteiger partial charge in [-0.05, 0) is 30.3 Å². The summed E-state index contributed by atoms with van der Waals surface area (Å²) in [6.07, 6.45) is 0.941. The van der Waals surface area contributed by atoms with Crippen molar-refractivity contribution in [3.8, 4) is 6.07 Å². The first kappa shape index (κ1) is 17.4. The molecule has 6 nitrogen and oxygen atoms in total. The van der Waals surface area contributed by atoms with E-state index in [1.807, 2.05) is 6.07 Å². The number of nitrogens with zero attached hydrogens (tertiary/aromatic N) is 2. The molecule has 0 unspecified atom stereocenters. The van der Waals surface area contributed by atoms with Crippen LogP contribution in [0.1, 0.15) is 5.56 Å². The van der Waals surface area contributed by atoms with E-state index in [2.05, 4.69) is 5.32 Å². The molecule has 2 rings (SSSR count). The molecule has 0 bridgehead atoms. The zero-order chi connectivity index (χ0) is 17.7. The van der Waals surface area contributed by atoms with Crippen molar-refractivity contribution in [3.05, 3.63) is 59.9 Å². The topological polar surface area (TPSA) is 90.3 Å². The molecule has 0 radical (unpaired) electrons. The maximum Gasteiger partial charge on any atom is 0.245 e. The summed E-state index contributed by atoms with van der Waals surface area (Å²) in [7, 11) is -3.80. The van der Waals surface area contributed by atoms with Gasteiger partial charge >= 0.3 is 0 Å². The number of para-hydroxylation sites is 1. The quantitative estimate of drug-likeness (QED) is 0.897. The number of halogens is 1. The number of nitrogens with one attached hydrogen (secondary N) is 1. The van der Waals surface area contributed by atoms with Gasteiger partial charge < -0.3 is 5.32 Å². The van der Waals surface area contributed by atoms with E-state index in [9.17, 15) is 17.6 Å². The Hall–Kier alpha value is -2.92. The van der Waals surface area contributed by atoms with Gasteiger partial charge in [0.1, 0.15) is 18.4 Å². The van der Waals surface area contributed by atoms with Crippen LogP contribution in [0, 0.1) is 17.1 Å². The van der Waals surface area contributed by atoms with Crippen LogP contribution in [0.4, 0.5) is 15.8 Å². The second kappa shape index (κ2) is 7.10. The van der Waals surface area contributed by atoms with Crippen molar-refractivity contribution in [2.75, 3.05) is 22.4 Å². The molecule has 0 saturated heterocycles. The molecule has 0 aliphatic carbocycles. The third kappa shape index (κ3) is 4.30. The van der Waals surface area contributed by atoms with E-state index in [0.29, 0.717) is 0 Å². The molecule has 0 saturated carbocycles. The average molecular weight is 347 g/mol. The number of rotatable bonds is 5. The lowest BCUT2D eigenvalue weighted by molar-refractivity contribution is -0.114. The van der Waals surface area contributed by atoms with E-state index in [4.69, 9.17) is 5.26 Å². The predicted octanol–water partition coefficient (Wildman–Crippen LogP) is 2.10. The fourth-order valence-corrected chi connectivity index (χ4v) is 2.93. The Morgan fingerprint density at radius 3 is 2.58 bits per heavy atom. The third-order valence-electron chi connectivity index (χ3n) is 3.09. The van der Waals surface area contributed by atoms with Gasteiger partial charge in [0.2, 0.25) is 15.9 Å². The van der Waals surface area contributed by atoms with Gasteiger partial charge in [0.25, 0.3) is 0 Å². The van der Waals surface area contributed by atoms with Crippen LogP contribution in [0.15, 0.2) is 48.5 Å². The van der Waals surface area contributed by atoms with Gasteiger partial charge in [-0.1, -0.05) is 18.2 Å². The Kier molecular flexibility index (Phi) is 5.16. The number of hydrogen-bond donors (Lipinski definition) is 1. The van der Waals surface area contributed by atoms with E-state index in [0.717, 1.165) is 16.6 Å². The molecule has 24 heavy (non-hydrogen) atoms. The summed E-state index contributed by atoms with van der Waals surface area (Å²) in [5, 5.41) is 11.5. The molecule has 124 valence electrons. The average Bonchev–Trinajstić information content (AvgIpc) is 2.51. The summed E-state index contributed by atoms with van der Waals surface area (Å²) in [6, 6.07) is 13.2. The first-order valence-electron chi connectivity index (χ1n) is 6.83. The molecular weight excluding hydrogens is 333 g/mol. The number of carbonyl (C=O) groups is 1. The minimum Gasteiger partial charge on any atom is -0.324 e. The van der Waals surface area contributed by atoms with E-state index in [1.54, 1.807) is 12.1 Å². The van der Waals surface area contributed by atoms with Gasteiger partial charge in [-0.25, -0.2) is 12.8 Å². The smallest absolute Gasteiger partial charge is 0.245 e. The summed E-state index contributed by atoms with van der Waals surface area (Å²) < 4.78 is 38.0. The van der Waals surface area contributed by atoms with Crippen molar-refractivity contribution < 1.29 is 17.6 Å². The Bertz CT molecular complexity index is 907. The molecule has 2 aromatic rings. The van der Waals surface area contributed by atoms with E-state index in [1.165, 1.54) is 30.3 Å². The van der Waals surface area contributed by atoms with Gasteiger partial charge in [0.05, 0.1) is 17.5 Å². The molecule has 1 amide bonds. The number of sulfonamides is 1. The largest absolute Gasteiger partial charge is 0.324 e. The van der Waals surface area contributed by atoms with Gasteiger partial charge in [-0.2, -0.15) is 5.26 Å². The summed E-state index contributed by atoms with van der Waals surface area (Å²) >= 11 is 0. The zero-order valence-corrected chi connectivity index (χ0v) is 13.5. The highest BCUT2D eigenvalue weighted by atomic mass is 32.2. The van der Waals surface area contributed by atoms with Crippen molar-refractivity contribution in [1.29, 1.82) is 5.26 Å². The third-order valence-corrected chi connectivity index (χ3v) is 4.22. The number of carbonyl (C=O) groups excluding carboxylic acids is 1. The van der Waals surface area contributed by atoms with Gasteiger partial charge in [-0.15, -0.1) is 0 Å². The molecule has 0 atom stereocenters. The molecule has 8 heteroatoms. The van der Waals surface area contributed by atoms with Crippen LogP contribution in [0.2, 0.25) is 0 Å². The van der Waals surface area contributed by atoms with Crippen LogP contribution >= 0.6 is 0 Å². The number of hydrogen-bond acceptors (Lipinski definition) is 4. The van der Waals surface area contributed by atoms with Gasteiger partial charge in [0, 0.05) is 5.69 Å². The van der Waals surface area contributed by atoms with Crippen molar-refractivity contribution in [1.82, 2.24) is 0 Å². The van der Waals surface area contributed by atoms with Gasteiger partial charge in [0.15, 0.2) is 0 Å². The van der Waals surface area contributed by atoms with E-state index < -0.39 is 28.3 Å². The predicted molar refractivity (Wildman–Crippen MR) is 88.4 cm³/mol. The number of benzene rings is 2. The van der Waals surface area contributed by atoms with E-state index in [-0.39, 0.29) is 16.9 Å². The van der Waals surface area contributed by atoms with Crippen molar-refractivity contribution in [3.63, 3.8) is 0 Å². The van der Waals surface area contributed by atoms with Crippen LogP contribution in [-0.4, -0.2) is 27.1 Å². The summed E-state index contributed by atoms with van der Waals surface area (Å²) in [5.74, 6) is -1.18. The summed E-state index contributed by atoms with van der Waals surface area (Å²) in [4.78, 5) is 12.1. The molecule has 0 aliphatic heterocycles. The molecule has 0 spiro atoms. The first-order chi connectivity index (χ1) is 11.3. The Labute approximate surface area is 139 Å². The molecule has 0 heterocycles. The van der Waals surface area contributed by atoms with Crippen LogP contribution in [0.25, 0.3) is 0 Å². The number of anilines is 2. The Morgan fingerprint density at radius 2 is 1.96 bits per heavy atom. The lowest BCUT2D eigenvalue weighted by Crippen LogP contribution is -2.37. The van der Waals surface area contributed by atoms with Crippen LogP contribution in [-0.2, 0) is 14.8 Å². The lowest BCUT2D eigenvalue weighted by Gasteiger charge is -2.22. The zero-order valence-electron chi connectivity index (χ0n) is 12.7. The molecule has 1 N–H and O–H groups in total. The van der Waals surface area contributed by atoms with Crippen LogP contribution < -0.4 is 9.62 Å². The molecule has 0 aliphatic rings. The Balaban J connectivity index is 2.27. The second-order valence-electron chi connectivity index (χ2n) is 4.96. The molecule has 0 fully saturated rings. The summed E-state index contributed by atoms with van der Waals surface area (Å²) in [6.45, 7) is -0.534. The number of amides is 1. The minimum atomic E-state index is -3.80. The Morgan fingerprint density at radius 1 is 1.25 bits per heavy atom. The van der Waals surface area contributed by atoms with Crippen molar-refractivity contribution >= 4 is 27.3 Å². The van der Waals surface area contributed by atoms with Gasteiger partial charge in [-0.3, -0.25) is 9.10 Å². The highest BCUT2D eigenvalue weighted by Crippen LogP contribution is 2.22. The van der Waals surface area contributed by atoms with E-state index >= 15 is 0 Å². The highest BCUT2D eigenvalue weighted by molar-refractivity contribution is 7.92. The highest BCUT2D eigenvalue weighted by Gasteiger charge is 2.23. The lowest BCUT2D eigenvalue weighted by atomic mass is 10.2. The number of nitriles is 1. The second-order valence-corrected chi connectivity index (χ2v) is 6.86. The summed E-state index contributed by atoms with van der Waals surface area (Å²) in [5.41, 5.74) is 0.445. The maximum atomic E-state index is 13.1. The molecular formula is C16H14FN3O3S. The normalized spacial score (nSPS) is 10.7. The molecule has 2 aromatic carbocycles. The van der Waals surface area contributed by atoms with Crippen molar-refractivity contribution in [2.24, 2.45) is 0 Å². The SMILES string of the molecule is CS(=O)(=O)N(CC(=O)Nc1cccc(F)c1)c1ccccc1C#N. The molecule has 0 aromatic heterocycles. The minimum absolute atomic E-state index is 0.108. The van der Waals surface area contributed by atoms with Crippen LogP contribution in [0.5, 0.6) is 0 Å². The monoisotopic (exact) mass is 347 g/mol. The fourth-order valence-electron chi connectivity index (χ4n) is 2.06. The maximum absolute atomic E-state index is 13.1. The first-order valence-corrected chi connectivity index (χ1v) is 8.68. The standard InChI is InChI=1S/C16H14FN3O3S/c1-24(22,23)20(15-8-3-2-5-12(15)10-18)11-16(21)19-14-7-4-6-13(17)9-14/h2-9H,11H2,1H3,(H,19,21).